The minimum atomic E-state index is 0.124. The Morgan fingerprint density at radius 3 is 2.59 bits per heavy atom. The van der Waals surface area contributed by atoms with Crippen LogP contribution in [0, 0.1) is 5.92 Å². The maximum absolute atomic E-state index is 12.0. The van der Waals surface area contributed by atoms with E-state index in [2.05, 4.69) is 15.2 Å². The van der Waals surface area contributed by atoms with Crippen molar-refractivity contribution in [2.75, 3.05) is 23.3 Å². The summed E-state index contributed by atoms with van der Waals surface area (Å²) in [5.74, 6) is 1.92. The predicted octanol–water partition coefficient (Wildman–Crippen LogP) is 3.98. The first kappa shape index (κ1) is 15.3. The van der Waals surface area contributed by atoms with E-state index in [-0.39, 0.29) is 5.91 Å². The number of anilines is 2. The van der Waals surface area contributed by atoms with Crippen molar-refractivity contribution in [3.63, 3.8) is 0 Å². The Balaban J connectivity index is 1.46. The Hall–Kier alpha value is -1.58. The SMILES string of the molecule is O=C(CCC1CCCC1)Nc1ccc(N2CCCCC2)nc1. The molecule has 1 saturated carbocycles. The van der Waals surface area contributed by atoms with Crippen molar-refractivity contribution in [3.05, 3.63) is 18.3 Å². The molecule has 0 radical (unpaired) electrons. The Morgan fingerprint density at radius 1 is 1.14 bits per heavy atom. The lowest BCUT2D eigenvalue weighted by Crippen LogP contribution is -2.30. The summed E-state index contributed by atoms with van der Waals surface area (Å²) in [5.41, 5.74) is 0.817. The average Bonchev–Trinajstić information content (AvgIpc) is 3.08. The molecule has 2 heterocycles. The van der Waals surface area contributed by atoms with Crippen LogP contribution in [-0.2, 0) is 4.79 Å². The van der Waals surface area contributed by atoms with Gasteiger partial charge in [0.25, 0.3) is 0 Å². The normalized spacial score (nSPS) is 19.4. The van der Waals surface area contributed by atoms with Crippen molar-refractivity contribution < 1.29 is 4.79 Å². The number of carbonyl (C=O) groups is 1. The van der Waals surface area contributed by atoms with Gasteiger partial charge in [0.05, 0.1) is 11.9 Å². The summed E-state index contributed by atoms with van der Waals surface area (Å²) in [5, 5.41) is 2.98. The highest BCUT2D eigenvalue weighted by Gasteiger charge is 2.16. The third kappa shape index (κ3) is 4.21. The van der Waals surface area contributed by atoms with Gasteiger partial charge in [0.2, 0.25) is 5.91 Å². The number of aromatic nitrogens is 1. The molecule has 2 fully saturated rings. The van der Waals surface area contributed by atoms with Crippen molar-refractivity contribution in [2.24, 2.45) is 5.92 Å². The lowest BCUT2D eigenvalue weighted by molar-refractivity contribution is -0.116. The highest BCUT2D eigenvalue weighted by atomic mass is 16.1. The van der Waals surface area contributed by atoms with Crippen LogP contribution >= 0.6 is 0 Å². The third-order valence-electron chi connectivity index (χ3n) is 4.97. The summed E-state index contributed by atoms with van der Waals surface area (Å²) >= 11 is 0. The summed E-state index contributed by atoms with van der Waals surface area (Å²) in [4.78, 5) is 18.8. The van der Waals surface area contributed by atoms with Gasteiger partial charge in [-0.2, -0.15) is 0 Å². The lowest BCUT2D eigenvalue weighted by Gasteiger charge is -2.27. The zero-order chi connectivity index (χ0) is 15.2. The van der Waals surface area contributed by atoms with Crippen LogP contribution in [0.4, 0.5) is 11.5 Å². The van der Waals surface area contributed by atoms with Crippen LogP contribution in [0.15, 0.2) is 18.3 Å². The van der Waals surface area contributed by atoms with Gasteiger partial charge in [0, 0.05) is 19.5 Å². The maximum Gasteiger partial charge on any atom is 0.224 e. The molecule has 1 N–H and O–H groups in total. The molecule has 2 aliphatic rings. The molecule has 0 spiro atoms. The minimum Gasteiger partial charge on any atom is -0.357 e. The monoisotopic (exact) mass is 301 g/mol. The zero-order valence-corrected chi connectivity index (χ0v) is 13.4. The Kier molecular flexibility index (Phi) is 5.30. The van der Waals surface area contributed by atoms with Crippen molar-refractivity contribution in [1.82, 2.24) is 4.98 Å². The second-order valence-corrected chi connectivity index (χ2v) is 6.69. The predicted molar refractivity (Wildman–Crippen MR) is 90.1 cm³/mol. The molecule has 22 heavy (non-hydrogen) atoms. The summed E-state index contributed by atoms with van der Waals surface area (Å²) in [6.07, 6.45) is 12.6. The van der Waals surface area contributed by atoms with Crippen LogP contribution in [0.1, 0.15) is 57.8 Å². The lowest BCUT2D eigenvalue weighted by atomic mass is 10.0. The van der Waals surface area contributed by atoms with E-state index in [1.54, 1.807) is 6.20 Å². The van der Waals surface area contributed by atoms with Gasteiger partial charge in [-0.05, 0) is 43.7 Å². The van der Waals surface area contributed by atoms with Gasteiger partial charge in [0.15, 0.2) is 0 Å². The third-order valence-corrected chi connectivity index (χ3v) is 4.97. The van der Waals surface area contributed by atoms with Gasteiger partial charge < -0.3 is 10.2 Å². The van der Waals surface area contributed by atoms with Crippen LogP contribution < -0.4 is 10.2 Å². The molecular formula is C18H27N3O. The van der Waals surface area contributed by atoms with E-state index in [9.17, 15) is 4.79 Å². The van der Waals surface area contributed by atoms with Gasteiger partial charge in [-0.3, -0.25) is 4.79 Å². The van der Waals surface area contributed by atoms with Crippen LogP contribution in [0.3, 0.4) is 0 Å². The molecule has 0 unspecified atom stereocenters. The quantitative estimate of drug-likeness (QED) is 0.894. The van der Waals surface area contributed by atoms with E-state index >= 15 is 0 Å². The highest BCUT2D eigenvalue weighted by molar-refractivity contribution is 5.90. The van der Waals surface area contributed by atoms with Gasteiger partial charge in [-0.25, -0.2) is 4.98 Å². The number of pyridine rings is 1. The average molecular weight is 301 g/mol. The van der Waals surface area contributed by atoms with Crippen molar-refractivity contribution in [2.45, 2.75) is 57.8 Å². The molecule has 3 rings (SSSR count). The number of hydrogen-bond acceptors (Lipinski definition) is 3. The molecule has 1 aromatic rings. The van der Waals surface area contributed by atoms with E-state index in [0.29, 0.717) is 6.42 Å². The molecule has 0 bridgehead atoms. The molecular weight excluding hydrogens is 274 g/mol. The molecule has 0 aromatic carbocycles. The van der Waals surface area contributed by atoms with E-state index in [1.165, 1.54) is 44.9 Å². The van der Waals surface area contributed by atoms with Crippen LogP contribution in [-0.4, -0.2) is 24.0 Å². The molecule has 1 aromatic heterocycles. The number of hydrogen-bond donors (Lipinski definition) is 1. The summed E-state index contributed by atoms with van der Waals surface area (Å²) < 4.78 is 0. The van der Waals surface area contributed by atoms with Gasteiger partial charge >= 0.3 is 0 Å². The minimum absolute atomic E-state index is 0.124. The van der Waals surface area contributed by atoms with Crippen molar-refractivity contribution in [1.29, 1.82) is 0 Å². The molecule has 0 atom stereocenters. The summed E-state index contributed by atoms with van der Waals surface area (Å²) in [6, 6.07) is 4.00. The number of carbonyl (C=O) groups excluding carboxylic acids is 1. The van der Waals surface area contributed by atoms with E-state index in [0.717, 1.165) is 36.9 Å². The molecule has 1 amide bonds. The number of rotatable bonds is 5. The van der Waals surface area contributed by atoms with Gasteiger partial charge in [-0.15, -0.1) is 0 Å². The topological polar surface area (TPSA) is 45.2 Å². The molecule has 1 saturated heterocycles. The van der Waals surface area contributed by atoms with Crippen molar-refractivity contribution >= 4 is 17.4 Å². The largest absolute Gasteiger partial charge is 0.357 e. The maximum atomic E-state index is 12.0. The van der Waals surface area contributed by atoms with Gasteiger partial charge in [0.1, 0.15) is 5.82 Å². The molecule has 1 aliphatic heterocycles. The molecule has 1 aliphatic carbocycles. The Morgan fingerprint density at radius 2 is 1.91 bits per heavy atom. The Bertz CT molecular complexity index is 474. The summed E-state index contributed by atoms with van der Waals surface area (Å²) in [6.45, 7) is 2.19. The standard InChI is InChI=1S/C18H27N3O/c22-18(11-8-15-6-2-3-7-15)20-16-9-10-17(19-14-16)21-12-4-1-5-13-21/h9-10,14-15H,1-8,11-13H2,(H,20,22). The first-order chi connectivity index (χ1) is 10.8. The highest BCUT2D eigenvalue weighted by Crippen LogP contribution is 2.28. The zero-order valence-electron chi connectivity index (χ0n) is 13.4. The van der Waals surface area contributed by atoms with E-state index in [1.807, 2.05) is 12.1 Å². The van der Waals surface area contributed by atoms with Crippen LogP contribution in [0.2, 0.25) is 0 Å². The smallest absolute Gasteiger partial charge is 0.224 e. The number of nitrogens with one attached hydrogen (secondary N) is 1. The number of amides is 1. The first-order valence-corrected chi connectivity index (χ1v) is 8.82. The van der Waals surface area contributed by atoms with Crippen molar-refractivity contribution in [3.8, 4) is 0 Å². The van der Waals surface area contributed by atoms with Gasteiger partial charge in [-0.1, -0.05) is 25.7 Å². The number of nitrogens with zero attached hydrogens (tertiary/aromatic N) is 2. The summed E-state index contributed by atoms with van der Waals surface area (Å²) in [7, 11) is 0. The van der Waals surface area contributed by atoms with E-state index < -0.39 is 0 Å². The second-order valence-electron chi connectivity index (χ2n) is 6.69. The fourth-order valence-electron chi connectivity index (χ4n) is 3.63. The fourth-order valence-corrected chi connectivity index (χ4v) is 3.63. The Labute approximate surface area is 133 Å². The van der Waals surface area contributed by atoms with Crippen LogP contribution in [0.25, 0.3) is 0 Å². The molecule has 120 valence electrons. The molecule has 4 nitrogen and oxygen atoms in total. The molecule has 4 heteroatoms. The van der Waals surface area contributed by atoms with E-state index in [4.69, 9.17) is 0 Å². The second kappa shape index (κ2) is 7.61. The number of piperidine rings is 1. The van der Waals surface area contributed by atoms with Crippen LogP contribution in [0.5, 0.6) is 0 Å². The first-order valence-electron chi connectivity index (χ1n) is 8.82. The fraction of sp³-hybridized carbons (Fsp3) is 0.667.